The molecule has 0 spiro atoms. The molecule has 1 aliphatic carbocycles. The number of halogens is 3. The number of benzene rings is 1. The van der Waals surface area contributed by atoms with E-state index in [1.165, 1.54) is 18.9 Å². The van der Waals surface area contributed by atoms with Gasteiger partial charge in [0.2, 0.25) is 0 Å². The average Bonchev–Trinajstić information content (AvgIpc) is 3.04. The standard InChI is InChI=1S/C13H16BrClFN/c14-11-7-10(1-2-12(11)16)8-17-9-13(3-4-13)5-6-15/h1-2,7,17H,3-6,8-9H2. The van der Waals surface area contributed by atoms with E-state index in [2.05, 4.69) is 21.2 Å². The van der Waals surface area contributed by atoms with Crippen LogP contribution in [0, 0.1) is 11.2 Å². The van der Waals surface area contributed by atoms with Gasteiger partial charge >= 0.3 is 0 Å². The molecule has 1 nitrogen and oxygen atoms in total. The molecular formula is C13H16BrClFN. The third-order valence-corrected chi connectivity index (χ3v) is 4.19. The number of rotatable bonds is 6. The lowest BCUT2D eigenvalue weighted by molar-refractivity contribution is 0.445. The lowest BCUT2D eigenvalue weighted by atomic mass is 10.0. The molecule has 1 N–H and O–H groups in total. The van der Waals surface area contributed by atoms with Gasteiger partial charge in [0.05, 0.1) is 4.47 Å². The van der Waals surface area contributed by atoms with Crippen LogP contribution in [-0.2, 0) is 6.54 Å². The van der Waals surface area contributed by atoms with Crippen LogP contribution in [0.3, 0.4) is 0 Å². The van der Waals surface area contributed by atoms with E-state index in [-0.39, 0.29) is 5.82 Å². The summed E-state index contributed by atoms with van der Waals surface area (Å²) in [6.07, 6.45) is 3.65. The van der Waals surface area contributed by atoms with E-state index in [4.69, 9.17) is 11.6 Å². The topological polar surface area (TPSA) is 12.0 Å². The van der Waals surface area contributed by atoms with Gasteiger partial charge in [-0.05, 0) is 58.3 Å². The summed E-state index contributed by atoms with van der Waals surface area (Å²) >= 11 is 8.98. The Labute approximate surface area is 115 Å². The van der Waals surface area contributed by atoms with Gasteiger partial charge in [0, 0.05) is 19.0 Å². The van der Waals surface area contributed by atoms with E-state index >= 15 is 0 Å². The van der Waals surface area contributed by atoms with Gasteiger partial charge in [-0.3, -0.25) is 0 Å². The monoisotopic (exact) mass is 319 g/mol. The number of hydrogen-bond donors (Lipinski definition) is 1. The number of hydrogen-bond acceptors (Lipinski definition) is 1. The van der Waals surface area contributed by atoms with Crippen LogP contribution >= 0.6 is 27.5 Å². The lowest BCUT2D eigenvalue weighted by Crippen LogP contribution is -2.24. The molecule has 0 unspecified atom stereocenters. The summed E-state index contributed by atoms with van der Waals surface area (Å²) in [6, 6.07) is 5.13. The molecule has 0 atom stereocenters. The first-order valence-electron chi connectivity index (χ1n) is 5.86. The number of alkyl halides is 1. The summed E-state index contributed by atoms with van der Waals surface area (Å²) < 4.78 is 13.6. The van der Waals surface area contributed by atoms with E-state index in [0.29, 0.717) is 9.89 Å². The second-order valence-corrected chi connectivity index (χ2v) is 6.02. The van der Waals surface area contributed by atoms with Crippen molar-refractivity contribution in [3.63, 3.8) is 0 Å². The van der Waals surface area contributed by atoms with Crippen molar-refractivity contribution in [2.45, 2.75) is 25.8 Å². The van der Waals surface area contributed by atoms with Crippen LogP contribution in [0.25, 0.3) is 0 Å². The zero-order chi connectivity index (χ0) is 12.3. The highest BCUT2D eigenvalue weighted by Gasteiger charge is 2.40. The molecule has 1 saturated carbocycles. The molecule has 2 rings (SSSR count). The average molecular weight is 321 g/mol. The van der Waals surface area contributed by atoms with Gasteiger partial charge in [-0.15, -0.1) is 11.6 Å². The zero-order valence-electron chi connectivity index (χ0n) is 9.61. The minimum Gasteiger partial charge on any atom is -0.312 e. The predicted octanol–water partition coefficient (Wildman–Crippen LogP) is 4.09. The Kier molecular flexibility index (Phi) is 4.45. The van der Waals surface area contributed by atoms with Gasteiger partial charge in [-0.2, -0.15) is 0 Å². The van der Waals surface area contributed by atoms with Crippen molar-refractivity contribution in [3.8, 4) is 0 Å². The van der Waals surface area contributed by atoms with Crippen LogP contribution in [0.15, 0.2) is 22.7 Å². The van der Waals surface area contributed by atoms with Crippen molar-refractivity contribution in [2.75, 3.05) is 12.4 Å². The molecule has 4 heteroatoms. The third-order valence-electron chi connectivity index (χ3n) is 3.40. The maximum absolute atomic E-state index is 13.0. The Morgan fingerprint density at radius 2 is 2.18 bits per heavy atom. The fourth-order valence-corrected chi connectivity index (χ4v) is 2.84. The van der Waals surface area contributed by atoms with Gasteiger partial charge in [0.1, 0.15) is 5.82 Å². The molecule has 94 valence electrons. The fourth-order valence-electron chi connectivity index (χ4n) is 2.01. The summed E-state index contributed by atoms with van der Waals surface area (Å²) in [5, 5.41) is 3.43. The predicted molar refractivity (Wildman–Crippen MR) is 72.8 cm³/mol. The van der Waals surface area contributed by atoms with Gasteiger partial charge in [0.15, 0.2) is 0 Å². The van der Waals surface area contributed by atoms with Crippen molar-refractivity contribution < 1.29 is 4.39 Å². The molecule has 0 saturated heterocycles. The van der Waals surface area contributed by atoms with Crippen LogP contribution in [0.5, 0.6) is 0 Å². The maximum Gasteiger partial charge on any atom is 0.137 e. The maximum atomic E-state index is 13.0. The van der Waals surface area contributed by atoms with Crippen LogP contribution in [0.1, 0.15) is 24.8 Å². The Balaban J connectivity index is 1.80. The minimum absolute atomic E-state index is 0.213. The summed E-state index contributed by atoms with van der Waals surface area (Å²) in [5.41, 5.74) is 1.54. The van der Waals surface area contributed by atoms with Crippen LogP contribution in [0.4, 0.5) is 4.39 Å². The Morgan fingerprint density at radius 3 is 2.76 bits per heavy atom. The summed E-state index contributed by atoms with van der Waals surface area (Å²) in [7, 11) is 0. The third kappa shape index (κ3) is 3.67. The van der Waals surface area contributed by atoms with Gasteiger partial charge in [0.25, 0.3) is 0 Å². The highest BCUT2D eigenvalue weighted by molar-refractivity contribution is 9.10. The van der Waals surface area contributed by atoms with E-state index in [1.54, 1.807) is 0 Å². The van der Waals surface area contributed by atoms with Crippen molar-refractivity contribution >= 4 is 27.5 Å². The van der Waals surface area contributed by atoms with Crippen LogP contribution < -0.4 is 5.32 Å². The quantitative estimate of drug-likeness (QED) is 0.779. The van der Waals surface area contributed by atoms with E-state index in [1.807, 2.05) is 12.1 Å². The van der Waals surface area contributed by atoms with Gasteiger partial charge in [-0.1, -0.05) is 6.07 Å². The van der Waals surface area contributed by atoms with Gasteiger partial charge < -0.3 is 5.32 Å². The Bertz CT molecular complexity index is 393. The molecule has 0 heterocycles. The molecule has 1 aromatic rings. The molecule has 0 radical (unpaired) electrons. The van der Waals surface area contributed by atoms with Crippen LogP contribution in [-0.4, -0.2) is 12.4 Å². The van der Waals surface area contributed by atoms with Crippen molar-refractivity contribution in [2.24, 2.45) is 5.41 Å². The summed E-state index contributed by atoms with van der Waals surface area (Å²) in [5.74, 6) is 0.526. The molecule has 1 aromatic carbocycles. The first-order chi connectivity index (χ1) is 8.15. The summed E-state index contributed by atoms with van der Waals surface area (Å²) in [4.78, 5) is 0. The highest BCUT2D eigenvalue weighted by Crippen LogP contribution is 2.48. The second-order valence-electron chi connectivity index (χ2n) is 4.79. The van der Waals surface area contributed by atoms with E-state index in [0.717, 1.165) is 31.0 Å². The number of nitrogens with one attached hydrogen (secondary N) is 1. The Hall–Kier alpha value is -0.120. The molecule has 17 heavy (non-hydrogen) atoms. The smallest absolute Gasteiger partial charge is 0.137 e. The minimum atomic E-state index is -0.213. The largest absolute Gasteiger partial charge is 0.312 e. The molecule has 0 bridgehead atoms. The second kappa shape index (κ2) is 5.68. The molecule has 0 aliphatic heterocycles. The molecule has 1 fully saturated rings. The Morgan fingerprint density at radius 1 is 1.41 bits per heavy atom. The van der Waals surface area contributed by atoms with Crippen molar-refractivity contribution in [1.29, 1.82) is 0 Å². The normalized spacial score (nSPS) is 17.1. The van der Waals surface area contributed by atoms with Gasteiger partial charge in [-0.25, -0.2) is 4.39 Å². The molecule has 0 aromatic heterocycles. The first kappa shape index (κ1) is 13.3. The van der Waals surface area contributed by atoms with E-state index < -0.39 is 0 Å². The fraction of sp³-hybridized carbons (Fsp3) is 0.538. The zero-order valence-corrected chi connectivity index (χ0v) is 12.0. The molecular weight excluding hydrogens is 305 g/mol. The SMILES string of the molecule is Fc1ccc(CNCC2(CCCl)CC2)cc1Br. The van der Waals surface area contributed by atoms with Crippen LogP contribution in [0.2, 0.25) is 0 Å². The van der Waals surface area contributed by atoms with Crippen molar-refractivity contribution in [1.82, 2.24) is 5.32 Å². The summed E-state index contributed by atoms with van der Waals surface area (Å²) in [6.45, 7) is 1.79. The first-order valence-corrected chi connectivity index (χ1v) is 7.19. The van der Waals surface area contributed by atoms with Crippen molar-refractivity contribution in [3.05, 3.63) is 34.1 Å². The highest BCUT2D eigenvalue weighted by atomic mass is 79.9. The van der Waals surface area contributed by atoms with E-state index in [9.17, 15) is 4.39 Å². The lowest BCUT2D eigenvalue weighted by Gasteiger charge is -2.14. The molecule has 1 aliphatic rings. The molecule has 0 amide bonds.